The lowest BCUT2D eigenvalue weighted by Gasteiger charge is -2.54. The summed E-state index contributed by atoms with van der Waals surface area (Å²) >= 11 is 1.92. The van der Waals surface area contributed by atoms with E-state index in [2.05, 4.69) is 32.1 Å². The molecule has 1 fully saturated rings. The van der Waals surface area contributed by atoms with E-state index in [0.717, 1.165) is 18.4 Å². The summed E-state index contributed by atoms with van der Waals surface area (Å²) in [4.78, 5) is 2.49. The summed E-state index contributed by atoms with van der Waals surface area (Å²) in [6.07, 6.45) is 4.76. The van der Waals surface area contributed by atoms with Crippen LogP contribution in [-0.4, -0.2) is 42.6 Å². The highest BCUT2D eigenvalue weighted by Crippen LogP contribution is 2.44. The van der Waals surface area contributed by atoms with Crippen LogP contribution in [0.2, 0.25) is 0 Å². The lowest BCUT2D eigenvalue weighted by Crippen LogP contribution is -2.61. The van der Waals surface area contributed by atoms with Crippen LogP contribution in [0.25, 0.3) is 0 Å². The van der Waals surface area contributed by atoms with Crippen molar-refractivity contribution in [2.75, 3.05) is 32.1 Å². The largest absolute Gasteiger partial charge is 0.329 e. The minimum atomic E-state index is 0.324. The number of nitrogens with two attached hydrogens (primary N) is 1. The van der Waals surface area contributed by atoms with Gasteiger partial charge in [-0.05, 0) is 38.0 Å². The summed E-state index contributed by atoms with van der Waals surface area (Å²) in [5, 5.41) is 0. The molecule has 0 aromatic carbocycles. The fourth-order valence-corrected chi connectivity index (χ4v) is 2.94. The molecule has 1 rings (SSSR count). The Kier molecular flexibility index (Phi) is 4.94. The topological polar surface area (TPSA) is 29.3 Å². The van der Waals surface area contributed by atoms with Crippen molar-refractivity contribution in [3.8, 4) is 0 Å². The minimum Gasteiger partial charge on any atom is -0.329 e. The van der Waals surface area contributed by atoms with Crippen LogP contribution in [0.1, 0.15) is 26.7 Å². The van der Waals surface area contributed by atoms with Crippen LogP contribution in [0.5, 0.6) is 0 Å². The zero-order valence-electron chi connectivity index (χ0n) is 10.6. The molecule has 0 bridgehead atoms. The van der Waals surface area contributed by atoms with Gasteiger partial charge in [-0.25, -0.2) is 0 Å². The molecule has 2 N–H and O–H groups in total. The van der Waals surface area contributed by atoms with Gasteiger partial charge in [0.2, 0.25) is 0 Å². The molecule has 2 nitrogen and oxygen atoms in total. The van der Waals surface area contributed by atoms with Crippen LogP contribution < -0.4 is 5.73 Å². The maximum atomic E-state index is 5.96. The van der Waals surface area contributed by atoms with Crippen LogP contribution in [0.4, 0.5) is 0 Å². The second kappa shape index (κ2) is 5.55. The number of thioether (sulfide) groups is 1. The van der Waals surface area contributed by atoms with Gasteiger partial charge >= 0.3 is 0 Å². The summed E-state index contributed by atoms with van der Waals surface area (Å²) in [7, 11) is 2.24. The number of nitrogens with zero attached hydrogens (tertiary/aromatic N) is 1. The third kappa shape index (κ3) is 2.89. The van der Waals surface area contributed by atoms with Gasteiger partial charge in [-0.1, -0.05) is 13.8 Å². The van der Waals surface area contributed by atoms with Gasteiger partial charge in [0.25, 0.3) is 0 Å². The minimum absolute atomic E-state index is 0.324. The molecule has 15 heavy (non-hydrogen) atoms. The summed E-state index contributed by atoms with van der Waals surface area (Å²) in [6, 6.07) is 0. The molecule has 0 amide bonds. The molecule has 0 saturated heterocycles. The zero-order chi connectivity index (χ0) is 11.5. The summed E-state index contributed by atoms with van der Waals surface area (Å²) in [5.41, 5.74) is 6.28. The van der Waals surface area contributed by atoms with E-state index in [1.807, 2.05) is 11.8 Å². The molecule has 0 atom stereocenters. The van der Waals surface area contributed by atoms with Crippen molar-refractivity contribution in [2.24, 2.45) is 17.6 Å². The van der Waals surface area contributed by atoms with Crippen LogP contribution in [-0.2, 0) is 0 Å². The van der Waals surface area contributed by atoms with Crippen LogP contribution >= 0.6 is 11.8 Å². The first-order valence-corrected chi connectivity index (χ1v) is 7.35. The van der Waals surface area contributed by atoms with E-state index in [-0.39, 0.29) is 0 Å². The van der Waals surface area contributed by atoms with Crippen molar-refractivity contribution in [3.05, 3.63) is 0 Å². The van der Waals surface area contributed by atoms with E-state index in [1.165, 1.54) is 25.1 Å². The predicted octanol–water partition coefficient (Wildman–Crippen LogP) is 2.04. The molecule has 0 unspecified atom stereocenters. The fourth-order valence-electron chi connectivity index (χ4n) is 2.49. The normalized spacial score (nSPS) is 31.0. The van der Waals surface area contributed by atoms with Crippen molar-refractivity contribution < 1.29 is 0 Å². The van der Waals surface area contributed by atoms with Crippen LogP contribution in [0, 0.1) is 11.8 Å². The molecular weight excluding hydrogens is 204 g/mol. The molecule has 0 heterocycles. The molecule has 0 aromatic rings. The first-order valence-electron chi connectivity index (χ1n) is 5.96. The van der Waals surface area contributed by atoms with Gasteiger partial charge in [0, 0.05) is 24.4 Å². The average molecular weight is 230 g/mol. The SMILES string of the molecule is CSCCN(C)C1(CN)CC(C(C)C)C1. The van der Waals surface area contributed by atoms with E-state index in [1.54, 1.807) is 0 Å². The van der Waals surface area contributed by atoms with Crippen molar-refractivity contribution in [2.45, 2.75) is 32.2 Å². The smallest absolute Gasteiger partial charge is 0.0334 e. The average Bonchev–Trinajstić information content (AvgIpc) is 2.13. The molecule has 90 valence electrons. The van der Waals surface area contributed by atoms with Crippen LogP contribution in [0.3, 0.4) is 0 Å². The second-order valence-corrected chi connectivity index (χ2v) is 6.24. The van der Waals surface area contributed by atoms with Crippen LogP contribution in [0.15, 0.2) is 0 Å². The van der Waals surface area contributed by atoms with Gasteiger partial charge in [0.05, 0.1) is 0 Å². The van der Waals surface area contributed by atoms with E-state index < -0.39 is 0 Å². The zero-order valence-corrected chi connectivity index (χ0v) is 11.4. The molecule has 0 spiro atoms. The third-order valence-corrected chi connectivity index (χ3v) is 4.64. The number of hydrogen-bond acceptors (Lipinski definition) is 3. The molecule has 1 aliphatic rings. The van der Waals surface area contributed by atoms with Gasteiger partial charge in [-0.15, -0.1) is 0 Å². The van der Waals surface area contributed by atoms with Gasteiger partial charge in [-0.3, -0.25) is 4.90 Å². The lowest BCUT2D eigenvalue weighted by atomic mass is 9.63. The maximum Gasteiger partial charge on any atom is 0.0334 e. The van der Waals surface area contributed by atoms with E-state index in [0.29, 0.717) is 5.54 Å². The molecule has 1 aliphatic carbocycles. The van der Waals surface area contributed by atoms with Crippen molar-refractivity contribution >= 4 is 11.8 Å². The number of rotatable bonds is 6. The number of likely N-dealkylation sites (N-methyl/N-ethyl adjacent to an activating group) is 1. The lowest BCUT2D eigenvalue weighted by molar-refractivity contribution is -0.0160. The Bertz CT molecular complexity index is 188. The van der Waals surface area contributed by atoms with E-state index in [4.69, 9.17) is 5.73 Å². The Morgan fingerprint density at radius 3 is 2.47 bits per heavy atom. The predicted molar refractivity (Wildman–Crippen MR) is 70.4 cm³/mol. The van der Waals surface area contributed by atoms with Gasteiger partial charge in [0.15, 0.2) is 0 Å². The Morgan fingerprint density at radius 1 is 1.47 bits per heavy atom. The fraction of sp³-hybridized carbons (Fsp3) is 1.00. The highest BCUT2D eigenvalue weighted by atomic mass is 32.2. The summed E-state index contributed by atoms with van der Waals surface area (Å²) in [5.74, 6) is 2.92. The molecule has 0 aromatic heterocycles. The van der Waals surface area contributed by atoms with Crippen molar-refractivity contribution in [1.29, 1.82) is 0 Å². The molecule has 3 heteroatoms. The quantitative estimate of drug-likeness (QED) is 0.757. The Balaban J connectivity index is 2.43. The standard InChI is InChI=1S/C12H26N2S/c1-10(2)11-7-12(8-11,9-13)14(3)5-6-15-4/h10-11H,5-9,13H2,1-4H3. The van der Waals surface area contributed by atoms with Crippen molar-refractivity contribution in [1.82, 2.24) is 4.90 Å². The Labute approximate surface area is 99.0 Å². The summed E-state index contributed by atoms with van der Waals surface area (Å²) < 4.78 is 0. The molecule has 1 saturated carbocycles. The summed E-state index contributed by atoms with van der Waals surface area (Å²) in [6.45, 7) is 6.64. The van der Waals surface area contributed by atoms with Gasteiger partial charge in [0.1, 0.15) is 0 Å². The molecule has 0 radical (unpaired) electrons. The van der Waals surface area contributed by atoms with E-state index >= 15 is 0 Å². The first-order chi connectivity index (χ1) is 7.05. The van der Waals surface area contributed by atoms with Gasteiger partial charge in [-0.2, -0.15) is 11.8 Å². The van der Waals surface area contributed by atoms with Crippen molar-refractivity contribution in [3.63, 3.8) is 0 Å². The highest BCUT2D eigenvalue weighted by Gasteiger charge is 2.46. The Morgan fingerprint density at radius 2 is 2.07 bits per heavy atom. The Hall–Kier alpha value is 0.270. The third-order valence-electron chi connectivity index (χ3n) is 4.05. The van der Waals surface area contributed by atoms with Gasteiger partial charge < -0.3 is 5.73 Å². The number of hydrogen-bond donors (Lipinski definition) is 1. The highest BCUT2D eigenvalue weighted by molar-refractivity contribution is 7.98. The molecular formula is C12H26N2S. The van der Waals surface area contributed by atoms with E-state index in [9.17, 15) is 0 Å². The second-order valence-electron chi connectivity index (χ2n) is 5.26. The first kappa shape index (κ1) is 13.3. The maximum absolute atomic E-state index is 5.96. The molecule has 0 aliphatic heterocycles. The monoisotopic (exact) mass is 230 g/mol.